The molecule has 2 aliphatic heterocycles. The third kappa shape index (κ3) is 3.18. The van der Waals surface area contributed by atoms with Crippen molar-refractivity contribution in [1.29, 1.82) is 0 Å². The van der Waals surface area contributed by atoms with Crippen molar-refractivity contribution in [1.82, 2.24) is 14.8 Å². The zero-order valence-corrected chi connectivity index (χ0v) is 12.0. The maximum Gasteiger partial charge on any atom is 0.227 e. The molecule has 0 bridgehead atoms. The van der Waals surface area contributed by atoms with E-state index in [1.807, 2.05) is 12.4 Å². The minimum atomic E-state index is 0.218. The molecule has 0 saturated carbocycles. The first-order chi connectivity index (χ1) is 9.83. The fourth-order valence-electron chi connectivity index (χ4n) is 3.30. The molecular formula is C16H23N3O. The summed E-state index contributed by atoms with van der Waals surface area (Å²) in [5, 5.41) is 0. The molecule has 1 atom stereocenters. The van der Waals surface area contributed by atoms with Gasteiger partial charge in [0.2, 0.25) is 5.91 Å². The number of aromatic nitrogens is 1. The Morgan fingerprint density at radius 1 is 1.15 bits per heavy atom. The van der Waals surface area contributed by atoms with Crippen LogP contribution >= 0.6 is 0 Å². The quantitative estimate of drug-likeness (QED) is 0.844. The number of pyridine rings is 1. The molecule has 0 aromatic carbocycles. The second kappa shape index (κ2) is 6.35. The van der Waals surface area contributed by atoms with Gasteiger partial charge in [-0.2, -0.15) is 0 Å². The Labute approximate surface area is 120 Å². The Kier molecular flexibility index (Phi) is 4.31. The van der Waals surface area contributed by atoms with E-state index in [1.165, 1.54) is 24.8 Å². The molecule has 4 heteroatoms. The van der Waals surface area contributed by atoms with Crippen LogP contribution in [-0.4, -0.2) is 46.9 Å². The van der Waals surface area contributed by atoms with Gasteiger partial charge >= 0.3 is 0 Å². The van der Waals surface area contributed by atoms with Gasteiger partial charge in [-0.25, -0.2) is 0 Å². The predicted octanol–water partition coefficient (Wildman–Crippen LogP) is 1.92. The minimum absolute atomic E-state index is 0.218. The molecular weight excluding hydrogens is 250 g/mol. The van der Waals surface area contributed by atoms with E-state index >= 15 is 0 Å². The molecule has 1 amide bonds. The van der Waals surface area contributed by atoms with Gasteiger partial charge < -0.3 is 4.90 Å². The molecule has 2 fully saturated rings. The van der Waals surface area contributed by atoms with E-state index in [0.717, 1.165) is 39.1 Å². The van der Waals surface area contributed by atoms with E-state index < -0.39 is 0 Å². The van der Waals surface area contributed by atoms with Crippen molar-refractivity contribution < 1.29 is 4.79 Å². The fraction of sp³-hybridized carbons (Fsp3) is 0.625. The summed E-state index contributed by atoms with van der Waals surface area (Å²) in [6.45, 7) is 4.83. The van der Waals surface area contributed by atoms with E-state index in [9.17, 15) is 4.79 Å². The summed E-state index contributed by atoms with van der Waals surface area (Å²) >= 11 is 0. The Balaban J connectivity index is 1.52. The lowest BCUT2D eigenvalue weighted by molar-refractivity contribution is -0.136. The number of piperidine rings is 1. The first-order valence-electron chi connectivity index (χ1n) is 7.73. The molecule has 3 heterocycles. The van der Waals surface area contributed by atoms with E-state index in [1.54, 1.807) is 0 Å². The average Bonchev–Trinajstić information content (AvgIpc) is 2.97. The van der Waals surface area contributed by atoms with Crippen LogP contribution in [0.15, 0.2) is 24.5 Å². The second-order valence-corrected chi connectivity index (χ2v) is 5.96. The fourth-order valence-corrected chi connectivity index (χ4v) is 3.30. The zero-order chi connectivity index (χ0) is 13.8. The maximum absolute atomic E-state index is 12.5. The molecule has 0 N–H and O–H groups in total. The molecule has 1 unspecified atom stereocenters. The lowest BCUT2D eigenvalue weighted by Crippen LogP contribution is -2.40. The van der Waals surface area contributed by atoms with Gasteiger partial charge in [0.15, 0.2) is 0 Å². The molecule has 2 aliphatic rings. The highest BCUT2D eigenvalue weighted by Gasteiger charge is 2.31. The van der Waals surface area contributed by atoms with Gasteiger partial charge in [-0.05, 0) is 49.9 Å². The first kappa shape index (κ1) is 13.6. The summed E-state index contributed by atoms with van der Waals surface area (Å²) in [5.41, 5.74) is 1.28. The lowest BCUT2D eigenvalue weighted by Gasteiger charge is -2.29. The monoisotopic (exact) mass is 273 g/mol. The molecule has 0 aliphatic carbocycles. The zero-order valence-electron chi connectivity index (χ0n) is 12.0. The summed E-state index contributed by atoms with van der Waals surface area (Å²) in [5.74, 6) is 0.608. The highest BCUT2D eigenvalue weighted by atomic mass is 16.2. The van der Waals surface area contributed by atoms with Crippen molar-refractivity contribution in [2.45, 2.75) is 32.2 Å². The van der Waals surface area contributed by atoms with Crippen molar-refractivity contribution >= 4 is 5.91 Å². The molecule has 3 rings (SSSR count). The van der Waals surface area contributed by atoms with Gasteiger partial charge in [0.05, 0.1) is 5.92 Å². The average molecular weight is 273 g/mol. The van der Waals surface area contributed by atoms with Crippen LogP contribution in [0.4, 0.5) is 0 Å². The Morgan fingerprint density at radius 2 is 1.90 bits per heavy atom. The Morgan fingerprint density at radius 3 is 2.65 bits per heavy atom. The standard InChI is InChI=1S/C16H23N3O/c20-16(19-9-2-1-3-10-19)15-6-11-18(13-15)12-14-4-7-17-8-5-14/h4-5,7-8,15H,1-3,6,9-13H2. The molecule has 20 heavy (non-hydrogen) atoms. The van der Waals surface area contributed by atoms with Crippen LogP contribution in [0, 0.1) is 5.92 Å². The van der Waals surface area contributed by atoms with E-state index in [-0.39, 0.29) is 5.92 Å². The summed E-state index contributed by atoms with van der Waals surface area (Å²) in [6, 6.07) is 4.11. The molecule has 1 aromatic rings. The van der Waals surface area contributed by atoms with Crippen LogP contribution in [0.3, 0.4) is 0 Å². The summed E-state index contributed by atoms with van der Waals surface area (Å²) in [7, 11) is 0. The number of carbonyl (C=O) groups excluding carboxylic acids is 1. The Hall–Kier alpha value is -1.42. The molecule has 0 radical (unpaired) electrons. The smallest absolute Gasteiger partial charge is 0.227 e. The minimum Gasteiger partial charge on any atom is -0.342 e. The summed E-state index contributed by atoms with van der Waals surface area (Å²) in [4.78, 5) is 21.0. The maximum atomic E-state index is 12.5. The highest BCUT2D eigenvalue weighted by molar-refractivity contribution is 5.79. The van der Waals surface area contributed by atoms with Crippen LogP contribution in [0.2, 0.25) is 0 Å². The van der Waals surface area contributed by atoms with Gasteiger partial charge in [0.25, 0.3) is 0 Å². The van der Waals surface area contributed by atoms with Gasteiger partial charge in [-0.15, -0.1) is 0 Å². The summed E-state index contributed by atoms with van der Waals surface area (Å²) in [6.07, 6.45) is 8.32. The van der Waals surface area contributed by atoms with Crippen molar-refractivity contribution in [3.8, 4) is 0 Å². The van der Waals surface area contributed by atoms with Crippen LogP contribution in [0.5, 0.6) is 0 Å². The van der Waals surface area contributed by atoms with Gasteiger partial charge in [-0.3, -0.25) is 14.7 Å². The topological polar surface area (TPSA) is 36.4 Å². The number of likely N-dealkylation sites (tertiary alicyclic amines) is 2. The van der Waals surface area contributed by atoms with Crippen LogP contribution in [0.1, 0.15) is 31.2 Å². The van der Waals surface area contributed by atoms with Gasteiger partial charge in [0, 0.05) is 38.6 Å². The lowest BCUT2D eigenvalue weighted by atomic mass is 10.0. The van der Waals surface area contributed by atoms with Crippen LogP contribution in [-0.2, 0) is 11.3 Å². The van der Waals surface area contributed by atoms with Crippen molar-refractivity contribution in [3.05, 3.63) is 30.1 Å². The Bertz CT molecular complexity index is 442. The second-order valence-electron chi connectivity index (χ2n) is 5.96. The van der Waals surface area contributed by atoms with Crippen molar-refractivity contribution in [3.63, 3.8) is 0 Å². The van der Waals surface area contributed by atoms with E-state index in [2.05, 4.69) is 26.9 Å². The highest BCUT2D eigenvalue weighted by Crippen LogP contribution is 2.22. The number of hydrogen-bond acceptors (Lipinski definition) is 3. The first-order valence-corrected chi connectivity index (χ1v) is 7.73. The SMILES string of the molecule is O=C(C1CCN(Cc2ccncc2)C1)N1CCCCC1. The molecule has 0 spiro atoms. The van der Waals surface area contributed by atoms with Crippen molar-refractivity contribution in [2.24, 2.45) is 5.92 Å². The normalized spacial score (nSPS) is 24.0. The third-order valence-electron chi connectivity index (χ3n) is 4.44. The van der Waals surface area contributed by atoms with Crippen LogP contribution < -0.4 is 0 Å². The predicted molar refractivity (Wildman–Crippen MR) is 78.1 cm³/mol. The number of carbonyl (C=O) groups is 1. The number of hydrogen-bond donors (Lipinski definition) is 0. The number of amides is 1. The largest absolute Gasteiger partial charge is 0.342 e. The summed E-state index contributed by atoms with van der Waals surface area (Å²) < 4.78 is 0. The van der Waals surface area contributed by atoms with Crippen molar-refractivity contribution in [2.75, 3.05) is 26.2 Å². The van der Waals surface area contributed by atoms with Crippen LogP contribution in [0.25, 0.3) is 0 Å². The molecule has 4 nitrogen and oxygen atoms in total. The number of rotatable bonds is 3. The molecule has 2 saturated heterocycles. The third-order valence-corrected chi connectivity index (χ3v) is 4.44. The number of nitrogens with zero attached hydrogens (tertiary/aromatic N) is 3. The van der Waals surface area contributed by atoms with E-state index in [0.29, 0.717) is 5.91 Å². The van der Waals surface area contributed by atoms with E-state index in [4.69, 9.17) is 0 Å². The molecule has 1 aromatic heterocycles. The molecule has 108 valence electrons. The van der Waals surface area contributed by atoms with Gasteiger partial charge in [0.1, 0.15) is 0 Å². The van der Waals surface area contributed by atoms with Gasteiger partial charge in [-0.1, -0.05) is 0 Å².